The minimum Gasteiger partial charge on any atom is -0.276 e. The number of hydrogen-bond acceptors (Lipinski definition) is 3. The van der Waals surface area contributed by atoms with Crippen molar-refractivity contribution in [1.82, 2.24) is 5.32 Å². The molecule has 67 valence electrons. The van der Waals surface area contributed by atoms with E-state index in [1.807, 2.05) is 0 Å². The lowest BCUT2D eigenvalue weighted by atomic mass is 10.3. The van der Waals surface area contributed by atoms with E-state index in [-0.39, 0.29) is 22.8 Å². The summed E-state index contributed by atoms with van der Waals surface area (Å²) in [6.07, 6.45) is 0.246. The van der Waals surface area contributed by atoms with Gasteiger partial charge in [0.25, 0.3) is 5.69 Å². The molecule has 1 aromatic carbocycles. The molecule has 1 aromatic rings. The van der Waals surface area contributed by atoms with Crippen molar-refractivity contribution in [3.63, 3.8) is 0 Å². The van der Waals surface area contributed by atoms with Crippen LogP contribution in [0.3, 0.4) is 0 Å². The third-order valence-corrected chi connectivity index (χ3v) is 1.56. The van der Waals surface area contributed by atoms with Gasteiger partial charge in [0.2, 0.25) is 6.41 Å². The van der Waals surface area contributed by atoms with Gasteiger partial charge >= 0.3 is 0 Å². The largest absolute Gasteiger partial charge is 0.296 e. The van der Waals surface area contributed by atoms with Gasteiger partial charge in [-0.15, -0.1) is 0 Å². The standard InChI is InChI=1S/C7H4ClN2O3/c8-5-1-2-6(9-4-11)7(3-5)10(12)13/h1-4H. The van der Waals surface area contributed by atoms with Crippen molar-refractivity contribution in [3.05, 3.63) is 33.3 Å². The SMILES string of the molecule is O=C[N]c1ccc(Cl)cc1[N+](=O)[O-]. The number of carbonyl (C=O) groups excluding carboxylic acids is 1. The van der Waals surface area contributed by atoms with E-state index in [1.165, 1.54) is 12.1 Å². The molecule has 0 unspecified atom stereocenters. The Kier molecular flexibility index (Phi) is 2.81. The zero-order valence-corrected chi connectivity index (χ0v) is 7.06. The monoisotopic (exact) mass is 199 g/mol. The van der Waals surface area contributed by atoms with Crippen LogP contribution in [0, 0.1) is 10.1 Å². The summed E-state index contributed by atoms with van der Waals surface area (Å²) >= 11 is 5.53. The van der Waals surface area contributed by atoms with Crippen LogP contribution >= 0.6 is 11.6 Å². The van der Waals surface area contributed by atoms with Crippen molar-refractivity contribution < 1.29 is 9.72 Å². The maximum atomic E-state index is 10.4. The van der Waals surface area contributed by atoms with Crippen molar-refractivity contribution in [2.24, 2.45) is 0 Å². The number of rotatable bonds is 3. The number of amides is 1. The van der Waals surface area contributed by atoms with Gasteiger partial charge in [0.1, 0.15) is 5.69 Å². The Hall–Kier alpha value is -1.62. The van der Waals surface area contributed by atoms with Crippen molar-refractivity contribution in [2.75, 3.05) is 0 Å². The fourth-order valence-corrected chi connectivity index (χ4v) is 0.975. The summed E-state index contributed by atoms with van der Waals surface area (Å²) in [6, 6.07) is 3.88. The minimum atomic E-state index is -0.645. The topological polar surface area (TPSA) is 74.3 Å². The van der Waals surface area contributed by atoms with Gasteiger partial charge in [-0.3, -0.25) is 14.9 Å². The number of hydrogen-bond donors (Lipinski definition) is 0. The molecule has 0 N–H and O–H groups in total. The first kappa shape index (κ1) is 9.47. The second-order valence-corrected chi connectivity index (χ2v) is 2.56. The smallest absolute Gasteiger partial charge is 0.276 e. The second-order valence-electron chi connectivity index (χ2n) is 2.12. The quantitative estimate of drug-likeness (QED) is 0.422. The number of carbonyl (C=O) groups is 1. The second kappa shape index (κ2) is 3.86. The number of nitro benzene ring substituents is 1. The fraction of sp³-hybridized carbons (Fsp3) is 0. The molecule has 0 aromatic heterocycles. The average molecular weight is 200 g/mol. The van der Waals surface area contributed by atoms with Crippen LogP contribution in [0.2, 0.25) is 5.02 Å². The Labute approximate surface area is 78.5 Å². The summed E-state index contributed by atoms with van der Waals surface area (Å²) in [5.41, 5.74) is -0.274. The van der Waals surface area contributed by atoms with E-state index in [2.05, 4.69) is 5.32 Å². The lowest BCUT2D eigenvalue weighted by molar-refractivity contribution is -0.384. The van der Waals surface area contributed by atoms with Gasteiger partial charge in [0, 0.05) is 11.1 Å². The molecule has 0 aliphatic heterocycles. The molecule has 0 heterocycles. The van der Waals surface area contributed by atoms with Crippen LogP contribution in [-0.2, 0) is 4.79 Å². The van der Waals surface area contributed by atoms with Gasteiger partial charge in [-0.05, 0) is 12.1 Å². The molecule has 0 saturated heterocycles. The van der Waals surface area contributed by atoms with Crippen LogP contribution in [0.1, 0.15) is 0 Å². The lowest BCUT2D eigenvalue weighted by Crippen LogP contribution is -1.97. The predicted molar refractivity (Wildman–Crippen MR) is 46.0 cm³/mol. The summed E-state index contributed by atoms with van der Waals surface area (Å²) < 4.78 is 0. The van der Waals surface area contributed by atoms with Crippen molar-refractivity contribution in [1.29, 1.82) is 0 Å². The highest BCUT2D eigenvalue weighted by atomic mass is 35.5. The van der Waals surface area contributed by atoms with E-state index < -0.39 is 4.92 Å². The molecule has 0 aliphatic rings. The van der Waals surface area contributed by atoms with E-state index in [1.54, 1.807) is 0 Å². The van der Waals surface area contributed by atoms with Gasteiger partial charge in [-0.25, -0.2) is 5.32 Å². The number of halogens is 1. The van der Waals surface area contributed by atoms with E-state index in [0.29, 0.717) is 0 Å². The number of nitrogens with zero attached hydrogens (tertiary/aromatic N) is 2. The Morgan fingerprint density at radius 1 is 1.54 bits per heavy atom. The Balaban J connectivity index is 3.17. The highest BCUT2D eigenvalue weighted by Gasteiger charge is 2.14. The molecule has 6 heteroatoms. The lowest BCUT2D eigenvalue weighted by Gasteiger charge is -1.97. The van der Waals surface area contributed by atoms with Gasteiger partial charge in [-0.1, -0.05) is 11.6 Å². The van der Waals surface area contributed by atoms with E-state index in [4.69, 9.17) is 11.6 Å². The van der Waals surface area contributed by atoms with Crippen LogP contribution < -0.4 is 5.32 Å². The zero-order valence-electron chi connectivity index (χ0n) is 6.31. The molecule has 0 saturated carbocycles. The van der Waals surface area contributed by atoms with Crippen molar-refractivity contribution in [3.8, 4) is 0 Å². The Morgan fingerprint density at radius 2 is 2.23 bits per heavy atom. The first-order valence-corrected chi connectivity index (χ1v) is 3.61. The predicted octanol–water partition coefficient (Wildman–Crippen LogP) is 1.64. The molecule has 13 heavy (non-hydrogen) atoms. The summed E-state index contributed by atoms with van der Waals surface area (Å²) in [7, 11) is 0. The van der Waals surface area contributed by atoms with Crippen LogP contribution in [0.4, 0.5) is 11.4 Å². The van der Waals surface area contributed by atoms with Crippen LogP contribution in [-0.4, -0.2) is 11.3 Å². The molecular formula is C7H4ClN2O3. The minimum absolute atomic E-state index is 0.00407. The highest BCUT2D eigenvalue weighted by Crippen LogP contribution is 2.27. The summed E-state index contributed by atoms with van der Waals surface area (Å²) in [5.74, 6) is 0. The molecule has 1 radical (unpaired) electrons. The Bertz CT molecular complexity index is 354. The molecule has 0 fully saturated rings. The normalized spacial score (nSPS) is 9.31. The molecule has 1 amide bonds. The average Bonchev–Trinajstić information content (AvgIpc) is 2.08. The molecule has 0 bridgehead atoms. The number of nitro groups is 1. The third-order valence-electron chi connectivity index (χ3n) is 1.33. The summed E-state index contributed by atoms with van der Waals surface area (Å²) in [4.78, 5) is 19.8. The van der Waals surface area contributed by atoms with E-state index in [0.717, 1.165) is 6.07 Å². The maximum absolute atomic E-state index is 10.4. The van der Waals surface area contributed by atoms with Crippen LogP contribution in [0.5, 0.6) is 0 Å². The highest BCUT2D eigenvalue weighted by molar-refractivity contribution is 6.30. The molecule has 0 spiro atoms. The maximum Gasteiger partial charge on any atom is 0.296 e. The zero-order chi connectivity index (χ0) is 9.84. The van der Waals surface area contributed by atoms with Crippen LogP contribution in [0.25, 0.3) is 0 Å². The first-order valence-electron chi connectivity index (χ1n) is 3.23. The van der Waals surface area contributed by atoms with Gasteiger partial charge < -0.3 is 0 Å². The summed E-state index contributed by atoms with van der Waals surface area (Å²) in [6.45, 7) is 0. The molecule has 0 aliphatic carbocycles. The third kappa shape index (κ3) is 2.16. The molecule has 0 atom stereocenters. The van der Waals surface area contributed by atoms with Crippen molar-refractivity contribution in [2.45, 2.75) is 0 Å². The van der Waals surface area contributed by atoms with Gasteiger partial charge in [0.05, 0.1) is 4.92 Å². The number of benzene rings is 1. The Morgan fingerprint density at radius 3 is 2.77 bits per heavy atom. The van der Waals surface area contributed by atoms with Gasteiger partial charge in [0.15, 0.2) is 0 Å². The van der Waals surface area contributed by atoms with E-state index in [9.17, 15) is 14.9 Å². The molecular weight excluding hydrogens is 196 g/mol. The van der Waals surface area contributed by atoms with E-state index >= 15 is 0 Å². The molecule has 1 rings (SSSR count). The first-order chi connectivity index (χ1) is 6.15. The van der Waals surface area contributed by atoms with Crippen molar-refractivity contribution >= 4 is 29.4 Å². The fourth-order valence-electron chi connectivity index (χ4n) is 0.809. The molecule has 5 nitrogen and oxygen atoms in total. The van der Waals surface area contributed by atoms with Crippen LogP contribution in [0.15, 0.2) is 18.2 Å². The summed E-state index contributed by atoms with van der Waals surface area (Å²) in [5, 5.41) is 13.9. The van der Waals surface area contributed by atoms with Gasteiger partial charge in [-0.2, -0.15) is 0 Å².